The zero-order valence-electron chi connectivity index (χ0n) is 14.3. The van der Waals surface area contributed by atoms with Crippen LogP contribution in [0.5, 0.6) is 0 Å². The number of carboxylic acid groups (broad SMARTS) is 1. The van der Waals surface area contributed by atoms with Crippen LogP contribution in [-0.4, -0.2) is 33.9 Å². The van der Waals surface area contributed by atoms with E-state index in [0.29, 0.717) is 18.6 Å². The van der Waals surface area contributed by atoms with Gasteiger partial charge in [0.2, 0.25) is 5.91 Å². The Kier molecular flexibility index (Phi) is 8.54. The Morgan fingerprint density at radius 3 is 2.29 bits per heavy atom. The van der Waals surface area contributed by atoms with Crippen LogP contribution in [0, 0.1) is 11.8 Å². The van der Waals surface area contributed by atoms with Gasteiger partial charge in [-0.25, -0.2) is 4.79 Å². The average molecular weight is 351 g/mol. The molecule has 1 rings (SSSR count). The summed E-state index contributed by atoms with van der Waals surface area (Å²) in [6.07, 6.45) is 0.847. The second-order valence-electron chi connectivity index (χ2n) is 6.22. The van der Waals surface area contributed by atoms with Gasteiger partial charge in [-0.3, -0.25) is 9.59 Å². The summed E-state index contributed by atoms with van der Waals surface area (Å²) in [7, 11) is 0. The predicted octanol–water partition coefficient (Wildman–Crippen LogP) is 2.74. The summed E-state index contributed by atoms with van der Waals surface area (Å²) in [5.41, 5.74) is 0.984. The first-order chi connectivity index (χ1) is 11.3. The van der Waals surface area contributed by atoms with Crippen LogP contribution in [0.4, 0.5) is 0 Å². The molecule has 5 nitrogen and oxygen atoms in total. The zero-order valence-corrected chi connectivity index (χ0v) is 15.1. The number of hydrogen-bond donors (Lipinski definition) is 2. The fourth-order valence-corrected chi connectivity index (χ4v) is 3.03. The molecule has 0 saturated heterocycles. The summed E-state index contributed by atoms with van der Waals surface area (Å²) in [4.78, 5) is 35.1. The standard InChI is InChI=1S/C18H25NO4S/c1-12(2)9-16(18(22)23)19-17(21)15(11-24-13(3)20)10-14-7-5-4-6-8-14/h4-8,12,15-16H,9-11H2,1-3H3,(H,19,21)(H,22,23). The maximum Gasteiger partial charge on any atom is 0.326 e. The van der Waals surface area contributed by atoms with Crippen LogP contribution < -0.4 is 5.32 Å². The van der Waals surface area contributed by atoms with Gasteiger partial charge in [0, 0.05) is 12.7 Å². The first-order valence-electron chi connectivity index (χ1n) is 8.00. The maximum atomic E-state index is 12.6. The molecule has 6 heteroatoms. The molecule has 0 aliphatic heterocycles. The largest absolute Gasteiger partial charge is 0.480 e. The van der Waals surface area contributed by atoms with E-state index in [9.17, 15) is 19.5 Å². The van der Waals surface area contributed by atoms with Crippen molar-refractivity contribution in [3.05, 3.63) is 35.9 Å². The number of rotatable bonds is 9. The van der Waals surface area contributed by atoms with Gasteiger partial charge in [0.25, 0.3) is 0 Å². The van der Waals surface area contributed by atoms with Crippen molar-refractivity contribution in [1.29, 1.82) is 0 Å². The summed E-state index contributed by atoms with van der Waals surface area (Å²) in [5.74, 6) is -1.30. The van der Waals surface area contributed by atoms with Crippen LogP contribution in [-0.2, 0) is 20.8 Å². The molecule has 2 atom stereocenters. The molecule has 0 aliphatic rings. The van der Waals surface area contributed by atoms with Gasteiger partial charge < -0.3 is 10.4 Å². The van der Waals surface area contributed by atoms with Crippen LogP contribution in [0.1, 0.15) is 32.8 Å². The van der Waals surface area contributed by atoms with Gasteiger partial charge in [-0.05, 0) is 24.3 Å². The normalized spacial score (nSPS) is 13.3. The van der Waals surface area contributed by atoms with Crippen LogP contribution in [0.15, 0.2) is 30.3 Å². The summed E-state index contributed by atoms with van der Waals surface area (Å²) < 4.78 is 0. The van der Waals surface area contributed by atoms with Crippen LogP contribution in [0.3, 0.4) is 0 Å². The molecule has 1 aromatic rings. The Bertz CT molecular complexity index is 559. The molecule has 2 unspecified atom stereocenters. The number of carbonyl (C=O) groups excluding carboxylic acids is 2. The number of thioether (sulfide) groups is 1. The molecule has 0 radical (unpaired) electrons. The quantitative estimate of drug-likeness (QED) is 0.715. The van der Waals surface area contributed by atoms with Crippen molar-refractivity contribution in [2.24, 2.45) is 11.8 Å². The van der Waals surface area contributed by atoms with Crippen molar-refractivity contribution in [2.45, 2.75) is 39.7 Å². The molecule has 0 bridgehead atoms. The third-order valence-electron chi connectivity index (χ3n) is 3.51. The van der Waals surface area contributed by atoms with Crippen molar-refractivity contribution < 1.29 is 19.5 Å². The predicted molar refractivity (Wildman–Crippen MR) is 95.8 cm³/mol. The van der Waals surface area contributed by atoms with Crippen molar-refractivity contribution in [3.8, 4) is 0 Å². The monoisotopic (exact) mass is 351 g/mol. The Morgan fingerprint density at radius 1 is 1.17 bits per heavy atom. The molecule has 0 fully saturated rings. The molecular formula is C18H25NO4S. The molecule has 1 amide bonds. The van der Waals surface area contributed by atoms with Crippen molar-refractivity contribution in [1.82, 2.24) is 5.32 Å². The lowest BCUT2D eigenvalue weighted by Crippen LogP contribution is -2.45. The third-order valence-corrected chi connectivity index (χ3v) is 4.48. The van der Waals surface area contributed by atoms with Gasteiger partial charge in [0.05, 0.1) is 5.92 Å². The fourth-order valence-electron chi connectivity index (χ4n) is 2.33. The van der Waals surface area contributed by atoms with E-state index in [0.717, 1.165) is 17.3 Å². The number of benzene rings is 1. The number of hydrogen-bond acceptors (Lipinski definition) is 4. The van der Waals surface area contributed by atoms with Gasteiger partial charge in [0.15, 0.2) is 5.12 Å². The highest BCUT2D eigenvalue weighted by molar-refractivity contribution is 8.13. The van der Waals surface area contributed by atoms with Gasteiger partial charge in [-0.1, -0.05) is 55.9 Å². The molecule has 0 saturated carbocycles. The van der Waals surface area contributed by atoms with Gasteiger partial charge in [0.1, 0.15) is 6.04 Å². The van der Waals surface area contributed by atoms with Crippen molar-refractivity contribution in [2.75, 3.05) is 5.75 Å². The molecule has 0 aliphatic carbocycles. The van der Waals surface area contributed by atoms with Crippen LogP contribution in [0.2, 0.25) is 0 Å². The molecule has 1 aromatic carbocycles. The second kappa shape index (κ2) is 10.1. The first kappa shape index (κ1) is 20.2. The minimum Gasteiger partial charge on any atom is -0.480 e. The summed E-state index contributed by atoms with van der Waals surface area (Å²) in [5, 5.41) is 11.9. The summed E-state index contributed by atoms with van der Waals surface area (Å²) in [6, 6.07) is 8.61. The highest BCUT2D eigenvalue weighted by Gasteiger charge is 2.26. The Labute approximate surface area is 147 Å². The van der Waals surface area contributed by atoms with E-state index < -0.39 is 17.9 Å². The fraction of sp³-hybridized carbons (Fsp3) is 0.500. The van der Waals surface area contributed by atoms with E-state index in [2.05, 4.69) is 5.32 Å². The van der Waals surface area contributed by atoms with Crippen LogP contribution >= 0.6 is 11.8 Å². The summed E-state index contributed by atoms with van der Waals surface area (Å²) in [6.45, 7) is 5.28. The van der Waals surface area contributed by atoms with E-state index >= 15 is 0 Å². The minimum absolute atomic E-state index is 0.0576. The molecular weight excluding hydrogens is 326 g/mol. The number of aliphatic carboxylic acids is 1. The smallest absolute Gasteiger partial charge is 0.326 e. The number of amides is 1. The second-order valence-corrected chi connectivity index (χ2v) is 7.42. The SMILES string of the molecule is CC(=O)SCC(Cc1ccccc1)C(=O)NC(CC(C)C)C(=O)O. The summed E-state index contributed by atoms with van der Waals surface area (Å²) >= 11 is 1.09. The van der Waals surface area contributed by atoms with E-state index in [1.54, 1.807) is 0 Å². The molecule has 24 heavy (non-hydrogen) atoms. The topological polar surface area (TPSA) is 83.5 Å². The lowest BCUT2D eigenvalue weighted by Gasteiger charge is -2.21. The highest BCUT2D eigenvalue weighted by Crippen LogP contribution is 2.17. The van der Waals surface area contributed by atoms with Gasteiger partial charge in [-0.2, -0.15) is 0 Å². The lowest BCUT2D eigenvalue weighted by molar-refractivity contribution is -0.142. The Hall–Kier alpha value is -1.82. The van der Waals surface area contributed by atoms with Crippen molar-refractivity contribution >= 4 is 28.8 Å². The van der Waals surface area contributed by atoms with E-state index in [1.165, 1.54) is 6.92 Å². The van der Waals surface area contributed by atoms with E-state index in [1.807, 2.05) is 44.2 Å². The van der Waals surface area contributed by atoms with E-state index in [-0.39, 0.29) is 16.9 Å². The maximum absolute atomic E-state index is 12.6. The first-order valence-corrected chi connectivity index (χ1v) is 8.98. The zero-order chi connectivity index (χ0) is 18.1. The lowest BCUT2D eigenvalue weighted by atomic mass is 9.98. The molecule has 0 heterocycles. The number of carboxylic acids is 1. The van der Waals surface area contributed by atoms with Crippen molar-refractivity contribution in [3.63, 3.8) is 0 Å². The Morgan fingerprint density at radius 2 is 1.79 bits per heavy atom. The Balaban J connectivity index is 2.81. The van der Waals surface area contributed by atoms with Crippen LogP contribution in [0.25, 0.3) is 0 Å². The molecule has 2 N–H and O–H groups in total. The molecule has 0 aromatic heterocycles. The third kappa shape index (κ3) is 7.64. The number of carbonyl (C=O) groups is 3. The van der Waals surface area contributed by atoms with Gasteiger partial charge >= 0.3 is 5.97 Å². The van der Waals surface area contributed by atoms with E-state index in [4.69, 9.17) is 0 Å². The molecule has 0 spiro atoms. The molecule has 132 valence electrons. The highest BCUT2D eigenvalue weighted by atomic mass is 32.2. The average Bonchev–Trinajstić information content (AvgIpc) is 2.50. The van der Waals surface area contributed by atoms with Gasteiger partial charge in [-0.15, -0.1) is 0 Å². The minimum atomic E-state index is -1.03. The number of nitrogens with one attached hydrogen (secondary N) is 1.